The molecule has 0 fully saturated rings. The first-order chi connectivity index (χ1) is 12.0. The minimum atomic E-state index is 0. The van der Waals surface area contributed by atoms with Crippen LogP contribution in [0.3, 0.4) is 0 Å². The second kappa shape index (κ2) is 9.16. The highest BCUT2D eigenvalue weighted by molar-refractivity contribution is 14.0. The summed E-state index contributed by atoms with van der Waals surface area (Å²) in [6.07, 6.45) is 5.33. The van der Waals surface area contributed by atoms with Gasteiger partial charge in [-0.25, -0.2) is 4.98 Å². The van der Waals surface area contributed by atoms with Gasteiger partial charge in [-0.1, -0.05) is 0 Å². The smallest absolute Gasteiger partial charge is 0.191 e. The molecule has 6 nitrogen and oxygen atoms in total. The first-order valence-electron chi connectivity index (χ1n) is 8.93. The zero-order chi connectivity index (χ0) is 18.0. The second-order valence-corrected chi connectivity index (χ2v) is 8.22. The van der Waals surface area contributed by atoms with Crippen molar-refractivity contribution in [1.82, 2.24) is 25.4 Å². The van der Waals surface area contributed by atoms with Crippen LogP contribution in [0.5, 0.6) is 0 Å². The van der Waals surface area contributed by atoms with Crippen molar-refractivity contribution in [3.63, 3.8) is 0 Å². The third kappa shape index (κ3) is 4.97. The van der Waals surface area contributed by atoms with Gasteiger partial charge < -0.3 is 10.6 Å². The summed E-state index contributed by atoms with van der Waals surface area (Å²) in [4.78, 5) is 10.2. The number of fused-ring (bicyclic) bond motifs is 1. The molecule has 1 unspecified atom stereocenters. The molecule has 26 heavy (non-hydrogen) atoms. The Morgan fingerprint density at radius 3 is 2.81 bits per heavy atom. The summed E-state index contributed by atoms with van der Waals surface area (Å²) in [5, 5.41) is 12.8. The monoisotopic (exact) mass is 488 g/mol. The molecule has 0 amide bonds. The molecule has 0 radical (unpaired) electrons. The Bertz CT molecular complexity index is 744. The number of aliphatic imine (C=N–C) groups is 1. The van der Waals surface area contributed by atoms with E-state index in [2.05, 4.69) is 59.2 Å². The fourth-order valence-electron chi connectivity index (χ4n) is 3.06. The summed E-state index contributed by atoms with van der Waals surface area (Å²) in [6, 6.07) is 0.783. The summed E-state index contributed by atoms with van der Waals surface area (Å²) >= 11 is 1.74. The van der Waals surface area contributed by atoms with Gasteiger partial charge in [-0.2, -0.15) is 5.10 Å². The number of nitrogens with zero attached hydrogens (tertiary/aromatic N) is 4. The van der Waals surface area contributed by atoms with E-state index >= 15 is 0 Å². The van der Waals surface area contributed by atoms with Gasteiger partial charge in [0.2, 0.25) is 0 Å². The van der Waals surface area contributed by atoms with E-state index in [-0.39, 0.29) is 24.0 Å². The molecule has 0 bridgehead atoms. The summed E-state index contributed by atoms with van der Waals surface area (Å²) in [6.45, 7) is 9.21. The van der Waals surface area contributed by atoms with Crippen LogP contribution in [0.25, 0.3) is 0 Å². The van der Waals surface area contributed by atoms with Gasteiger partial charge in [-0.3, -0.25) is 9.67 Å². The third-order valence-electron chi connectivity index (χ3n) is 4.67. The Labute approximate surface area is 176 Å². The van der Waals surface area contributed by atoms with Crippen molar-refractivity contribution in [2.45, 2.75) is 65.6 Å². The van der Waals surface area contributed by atoms with Gasteiger partial charge in [0, 0.05) is 36.6 Å². The average Bonchev–Trinajstić information content (AvgIpc) is 3.14. The lowest BCUT2D eigenvalue weighted by molar-refractivity contribution is 0.499. The fraction of sp³-hybridized carbons (Fsp3) is 0.611. The van der Waals surface area contributed by atoms with Crippen LogP contribution in [0.15, 0.2) is 11.2 Å². The third-order valence-corrected chi connectivity index (χ3v) is 5.74. The van der Waals surface area contributed by atoms with Crippen LogP contribution in [0.1, 0.15) is 53.1 Å². The summed E-state index contributed by atoms with van der Waals surface area (Å²) in [7, 11) is 1.81. The molecular formula is C18H29IN6S. The van der Waals surface area contributed by atoms with Crippen LogP contribution in [0, 0.1) is 13.8 Å². The molecule has 8 heteroatoms. The topological polar surface area (TPSA) is 67.1 Å². The van der Waals surface area contributed by atoms with Crippen molar-refractivity contribution >= 4 is 41.3 Å². The molecule has 2 N–H and O–H groups in total. The molecular weight excluding hydrogens is 459 g/mol. The van der Waals surface area contributed by atoms with E-state index in [1.165, 1.54) is 16.1 Å². The summed E-state index contributed by atoms with van der Waals surface area (Å²) in [5.74, 6) is 0.835. The lowest BCUT2D eigenvalue weighted by Gasteiger charge is -2.24. The molecule has 0 spiro atoms. The number of guanidine groups is 1. The average molecular weight is 488 g/mol. The van der Waals surface area contributed by atoms with Crippen LogP contribution >= 0.6 is 35.3 Å². The van der Waals surface area contributed by atoms with Gasteiger partial charge in [0.1, 0.15) is 5.01 Å². The lowest BCUT2D eigenvalue weighted by Crippen LogP contribution is -2.45. The molecule has 0 saturated heterocycles. The molecule has 1 aliphatic rings. The molecule has 2 heterocycles. The van der Waals surface area contributed by atoms with E-state index in [4.69, 9.17) is 5.10 Å². The first kappa shape index (κ1) is 21.1. The van der Waals surface area contributed by atoms with Crippen molar-refractivity contribution in [1.29, 1.82) is 0 Å². The number of nitrogens with one attached hydrogen (secondary N) is 2. The number of hydrogen-bond donors (Lipinski definition) is 2. The highest BCUT2D eigenvalue weighted by Gasteiger charge is 2.23. The summed E-state index contributed by atoms with van der Waals surface area (Å²) < 4.78 is 2.08. The van der Waals surface area contributed by atoms with E-state index < -0.39 is 0 Å². The molecule has 1 atom stereocenters. The maximum absolute atomic E-state index is 4.75. The molecule has 2 aromatic rings. The molecule has 2 aromatic heterocycles. The van der Waals surface area contributed by atoms with E-state index in [1.807, 2.05) is 7.05 Å². The first-order valence-corrected chi connectivity index (χ1v) is 9.75. The normalized spacial score (nSPS) is 17.0. The number of rotatable bonds is 4. The minimum absolute atomic E-state index is 0. The maximum atomic E-state index is 4.75. The van der Waals surface area contributed by atoms with Gasteiger partial charge in [-0.05, 0) is 46.1 Å². The number of thiazole rings is 1. The van der Waals surface area contributed by atoms with Crippen molar-refractivity contribution in [2.24, 2.45) is 4.99 Å². The Morgan fingerprint density at radius 1 is 1.42 bits per heavy atom. The Kier molecular flexibility index (Phi) is 7.45. The van der Waals surface area contributed by atoms with Crippen molar-refractivity contribution in [3.05, 3.63) is 33.0 Å². The quantitative estimate of drug-likeness (QED) is 0.394. The van der Waals surface area contributed by atoms with E-state index in [1.54, 1.807) is 11.3 Å². The van der Waals surface area contributed by atoms with Crippen LogP contribution in [0.4, 0.5) is 0 Å². The fourth-order valence-corrected chi connectivity index (χ4v) is 3.94. The summed E-state index contributed by atoms with van der Waals surface area (Å²) in [5.41, 5.74) is 3.73. The van der Waals surface area contributed by atoms with Gasteiger partial charge >= 0.3 is 0 Å². The second-order valence-electron chi connectivity index (χ2n) is 6.93. The predicted molar refractivity (Wildman–Crippen MR) is 119 cm³/mol. The van der Waals surface area contributed by atoms with Crippen molar-refractivity contribution in [3.8, 4) is 0 Å². The highest BCUT2D eigenvalue weighted by atomic mass is 127. The van der Waals surface area contributed by atoms with Gasteiger partial charge in [0.05, 0.1) is 17.9 Å². The largest absolute Gasteiger partial charge is 0.353 e. The van der Waals surface area contributed by atoms with Gasteiger partial charge in [-0.15, -0.1) is 35.3 Å². The highest BCUT2D eigenvalue weighted by Crippen LogP contribution is 2.22. The number of aryl methyl sites for hydroxylation is 3. The van der Waals surface area contributed by atoms with Crippen LogP contribution in [-0.4, -0.2) is 33.8 Å². The SMILES string of the molecule is CN=C(NCc1nc(C)c(C)s1)NC1CCc2cn(C(C)C)nc2C1.I. The minimum Gasteiger partial charge on any atom is -0.353 e. The Morgan fingerprint density at radius 2 is 2.19 bits per heavy atom. The molecule has 3 rings (SSSR count). The number of halogens is 1. The molecule has 144 valence electrons. The van der Waals surface area contributed by atoms with E-state index in [9.17, 15) is 0 Å². The molecule has 0 saturated carbocycles. The Hall–Kier alpha value is -1.16. The van der Waals surface area contributed by atoms with Gasteiger partial charge in [0.25, 0.3) is 0 Å². The van der Waals surface area contributed by atoms with Crippen LogP contribution < -0.4 is 10.6 Å². The lowest BCUT2D eigenvalue weighted by atomic mass is 9.94. The Balaban J connectivity index is 0.00000243. The molecule has 1 aliphatic carbocycles. The maximum Gasteiger partial charge on any atom is 0.191 e. The number of aromatic nitrogens is 3. The van der Waals surface area contributed by atoms with Crippen molar-refractivity contribution < 1.29 is 0 Å². The molecule has 0 aliphatic heterocycles. The van der Waals surface area contributed by atoms with Crippen molar-refractivity contribution in [2.75, 3.05) is 7.05 Å². The molecule has 0 aromatic carbocycles. The zero-order valence-corrected chi connectivity index (χ0v) is 19.3. The predicted octanol–water partition coefficient (Wildman–Crippen LogP) is 3.38. The standard InChI is InChI=1S/C18H28N6S.HI/c1-11(2)24-10-14-6-7-15(8-16(14)23-24)22-18(19-5)20-9-17-21-12(3)13(4)25-17;/h10-11,15H,6-9H2,1-5H3,(H2,19,20,22);1H. The van der Waals surface area contributed by atoms with E-state index in [0.717, 1.165) is 35.9 Å². The number of hydrogen-bond acceptors (Lipinski definition) is 4. The van der Waals surface area contributed by atoms with Gasteiger partial charge in [0.15, 0.2) is 5.96 Å². The van der Waals surface area contributed by atoms with Crippen LogP contribution in [-0.2, 0) is 19.4 Å². The zero-order valence-electron chi connectivity index (χ0n) is 16.2. The van der Waals surface area contributed by atoms with Crippen LogP contribution in [0.2, 0.25) is 0 Å². The van der Waals surface area contributed by atoms with E-state index in [0.29, 0.717) is 18.6 Å².